The lowest BCUT2D eigenvalue weighted by Gasteiger charge is -2.03. The number of fused-ring (bicyclic) bond motifs is 1. The highest BCUT2D eigenvalue weighted by molar-refractivity contribution is 6.22. The van der Waals surface area contributed by atoms with E-state index in [0.717, 1.165) is 5.56 Å². The summed E-state index contributed by atoms with van der Waals surface area (Å²) in [5.74, 6) is -0.689. The van der Waals surface area contributed by atoms with Gasteiger partial charge in [0.15, 0.2) is 0 Å². The molecule has 6 heteroatoms. The maximum Gasteiger partial charge on any atom is 0.259 e. The monoisotopic (exact) mass is 230 g/mol. The van der Waals surface area contributed by atoms with Crippen LogP contribution in [0.1, 0.15) is 32.7 Å². The second-order valence-electron chi connectivity index (χ2n) is 3.68. The number of hydrogen-bond donors (Lipinski definition) is 1. The predicted molar refractivity (Wildman–Crippen MR) is 60.6 cm³/mol. The minimum Gasteiger partial charge on any atom is -0.288 e. The zero-order chi connectivity index (χ0) is 12.3. The predicted octanol–water partition coefficient (Wildman–Crippen LogP) is 1.81. The van der Waals surface area contributed by atoms with Crippen LogP contribution < -0.4 is 5.32 Å². The summed E-state index contributed by atoms with van der Waals surface area (Å²) in [6.07, 6.45) is 1.27. The number of rotatable bonds is 4. The van der Waals surface area contributed by atoms with Gasteiger partial charge in [0.2, 0.25) is 0 Å². The first-order valence-corrected chi connectivity index (χ1v) is 5.22. The molecule has 1 aromatic carbocycles. The van der Waals surface area contributed by atoms with Crippen LogP contribution in [0.4, 0.5) is 0 Å². The summed E-state index contributed by atoms with van der Waals surface area (Å²) < 4.78 is 0. The molecule has 0 aliphatic carbocycles. The van der Waals surface area contributed by atoms with Crippen molar-refractivity contribution in [3.8, 4) is 0 Å². The van der Waals surface area contributed by atoms with Crippen molar-refractivity contribution >= 4 is 11.8 Å². The van der Waals surface area contributed by atoms with Gasteiger partial charge in [0, 0.05) is 11.5 Å². The normalized spacial score (nSPS) is 12.9. The summed E-state index contributed by atoms with van der Waals surface area (Å²) in [5.41, 5.74) is 9.85. The fourth-order valence-corrected chi connectivity index (χ4v) is 1.88. The van der Waals surface area contributed by atoms with E-state index >= 15 is 0 Å². The Morgan fingerprint density at radius 3 is 2.88 bits per heavy atom. The molecule has 0 unspecified atom stereocenters. The number of nitrogens with zero attached hydrogens (tertiary/aromatic N) is 3. The van der Waals surface area contributed by atoms with E-state index in [1.807, 2.05) is 6.07 Å². The van der Waals surface area contributed by atoms with E-state index in [9.17, 15) is 9.59 Å². The summed E-state index contributed by atoms with van der Waals surface area (Å²) in [7, 11) is 0. The first-order valence-electron chi connectivity index (χ1n) is 5.22. The summed E-state index contributed by atoms with van der Waals surface area (Å²) in [4.78, 5) is 25.6. The molecule has 0 radical (unpaired) electrons. The Hall–Kier alpha value is -2.33. The standard InChI is InChI=1S/C11H10N4O2/c12-15-13-6-2-4-7-3-1-5-8-9(7)11(17)14-10(8)16/h1,3,5H,2,4,6H2,(H,14,16,17). The van der Waals surface area contributed by atoms with Gasteiger partial charge in [-0.25, -0.2) is 0 Å². The van der Waals surface area contributed by atoms with Gasteiger partial charge in [-0.2, -0.15) is 0 Å². The van der Waals surface area contributed by atoms with E-state index in [1.54, 1.807) is 12.1 Å². The van der Waals surface area contributed by atoms with Gasteiger partial charge in [-0.1, -0.05) is 17.2 Å². The maximum atomic E-state index is 11.6. The fraction of sp³-hybridized carbons (Fsp3) is 0.273. The first kappa shape index (κ1) is 11.2. The average Bonchev–Trinajstić information content (AvgIpc) is 2.62. The SMILES string of the molecule is [N-]=[N+]=NCCCc1cccc2c1C(=O)NC2=O. The van der Waals surface area contributed by atoms with E-state index in [4.69, 9.17) is 5.53 Å². The van der Waals surface area contributed by atoms with Gasteiger partial charge in [0.1, 0.15) is 0 Å². The van der Waals surface area contributed by atoms with E-state index in [1.165, 1.54) is 0 Å². The molecule has 6 nitrogen and oxygen atoms in total. The van der Waals surface area contributed by atoms with Crippen molar-refractivity contribution < 1.29 is 9.59 Å². The molecular weight excluding hydrogens is 220 g/mol. The third-order valence-electron chi connectivity index (χ3n) is 2.62. The highest BCUT2D eigenvalue weighted by atomic mass is 16.2. The molecule has 1 aromatic rings. The molecule has 0 bridgehead atoms. The molecular formula is C11H10N4O2. The van der Waals surface area contributed by atoms with Crippen molar-refractivity contribution in [2.24, 2.45) is 5.11 Å². The zero-order valence-electron chi connectivity index (χ0n) is 9.01. The van der Waals surface area contributed by atoms with Crippen molar-refractivity contribution in [2.75, 3.05) is 6.54 Å². The first-order chi connectivity index (χ1) is 8.24. The van der Waals surface area contributed by atoms with Crippen LogP contribution in [0.3, 0.4) is 0 Å². The number of nitrogens with one attached hydrogen (secondary N) is 1. The number of carbonyl (C=O) groups excluding carboxylic acids is 2. The molecule has 0 atom stereocenters. The molecule has 1 aliphatic rings. The van der Waals surface area contributed by atoms with Crippen LogP contribution in [0.2, 0.25) is 0 Å². The molecule has 0 saturated heterocycles. The van der Waals surface area contributed by atoms with Crippen molar-refractivity contribution in [1.82, 2.24) is 5.32 Å². The summed E-state index contributed by atoms with van der Waals surface area (Å²) in [6.45, 7) is 0.385. The van der Waals surface area contributed by atoms with Gasteiger partial charge in [-0.05, 0) is 30.0 Å². The molecule has 0 spiro atoms. The number of hydrogen-bond acceptors (Lipinski definition) is 3. The van der Waals surface area contributed by atoms with E-state index in [2.05, 4.69) is 15.3 Å². The highest BCUT2D eigenvalue weighted by Crippen LogP contribution is 2.21. The van der Waals surface area contributed by atoms with Gasteiger partial charge in [0.05, 0.1) is 11.1 Å². The Morgan fingerprint density at radius 1 is 1.29 bits per heavy atom. The number of carbonyl (C=O) groups is 2. The molecule has 0 aromatic heterocycles. The summed E-state index contributed by atoms with van der Waals surface area (Å²) in [5, 5.41) is 5.69. The lowest BCUT2D eigenvalue weighted by atomic mass is 9.99. The Morgan fingerprint density at radius 2 is 2.12 bits per heavy atom. The smallest absolute Gasteiger partial charge is 0.259 e. The third-order valence-corrected chi connectivity index (χ3v) is 2.62. The van der Waals surface area contributed by atoms with Gasteiger partial charge in [-0.15, -0.1) is 0 Å². The number of aryl methyl sites for hydroxylation is 1. The van der Waals surface area contributed by atoms with Crippen LogP contribution in [0.5, 0.6) is 0 Å². The lowest BCUT2D eigenvalue weighted by molar-refractivity contribution is 0.0879. The van der Waals surface area contributed by atoms with Gasteiger partial charge < -0.3 is 0 Å². The molecule has 0 saturated carbocycles. The van der Waals surface area contributed by atoms with Crippen LogP contribution in [0.25, 0.3) is 10.4 Å². The topological polar surface area (TPSA) is 94.9 Å². The quantitative estimate of drug-likeness (QED) is 0.281. The second-order valence-corrected chi connectivity index (χ2v) is 3.68. The Labute approximate surface area is 97.3 Å². The van der Waals surface area contributed by atoms with Crippen LogP contribution in [0, 0.1) is 0 Å². The van der Waals surface area contributed by atoms with Crippen molar-refractivity contribution in [3.63, 3.8) is 0 Å². The number of imide groups is 1. The van der Waals surface area contributed by atoms with Gasteiger partial charge in [0.25, 0.3) is 11.8 Å². The highest BCUT2D eigenvalue weighted by Gasteiger charge is 2.28. The molecule has 2 amide bonds. The van der Waals surface area contributed by atoms with Crippen LogP contribution in [-0.4, -0.2) is 18.4 Å². The van der Waals surface area contributed by atoms with Crippen LogP contribution in [-0.2, 0) is 6.42 Å². The van der Waals surface area contributed by atoms with Crippen molar-refractivity contribution in [2.45, 2.75) is 12.8 Å². The van der Waals surface area contributed by atoms with Gasteiger partial charge in [-0.3, -0.25) is 14.9 Å². The van der Waals surface area contributed by atoms with E-state index < -0.39 is 0 Å². The van der Waals surface area contributed by atoms with E-state index in [0.29, 0.717) is 30.5 Å². The molecule has 86 valence electrons. The number of benzene rings is 1. The molecule has 1 aliphatic heterocycles. The Balaban J connectivity index is 2.22. The minimum atomic E-state index is -0.345. The van der Waals surface area contributed by atoms with E-state index in [-0.39, 0.29) is 11.8 Å². The van der Waals surface area contributed by atoms with Crippen LogP contribution in [0.15, 0.2) is 23.3 Å². The fourth-order valence-electron chi connectivity index (χ4n) is 1.88. The zero-order valence-corrected chi connectivity index (χ0v) is 9.01. The summed E-state index contributed by atoms with van der Waals surface area (Å²) >= 11 is 0. The van der Waals surface area contributed by atoms with Gasteiger partial charge >= 0.3 is 0 Å². The Kier molecular flexibility index (Phi) is 3.07. The minimum absolute atomic E-state index is 0.343. The largest absolute Gasteiger partial charge is 0.288 e. The molecule has 17 heavy (non-hydrogen) atoms. The molecule has 2 rings (SSSR count). The lowest BCUT2D eigenvalue weighted by Crippen LogP contribution is -2.20. The molecule has 1 N–H and O–H groups in total. The third kappa shape index (κ3) is 2.11. The van der Waals surface area contributed by atoms with Crippen molar-refractivity contribution in [1.29, 1.82) is 0 Å². The Bertz CT molecular complexity index is 532. The maximum absolute atomic E-state index is 11.6. The van der Waals surface area contributed by atoms with Crippen molar-refractivity contribution in [3.05, 3.63) is 45.3 Å². The summed E-state index contributed by atoms with van der Waals surface area (Å²) in [6, 6.07) is 5.19. The number of azide groups is 1. The molecule has 0 fully saturated rings. The van der Waals surface area contributed by atoms with Crippen LogP contribution >= 0.6 is 0 Å². The number of amides is 2. The molecule has 1 heterocycles. The second kappa shape index (κ2) is 4.67. The average molecular weight is 230 g/mol.